The normalized spacial score (nSPS) is 10.3. The number of nitrogens with one attached hydrogen (secondary N) is 2. The molecule has 0 saturated carbocycles. The summed E-state index contributed by atoms with van der Waals surface area (Å²) in [6.45, 7) is 1.42. The highest BCUT2D eigenvalue weighted by molar-refractivity contribution is 5.77. The Bertz CT molecular complexity index is 680. The number of benzene rings is 2. The second-order valence-electron chi connectivity index (χ2n) is 5.30. The molecule has 23 heavy (non-hydrogen) atoms. The molecule has 3 rings (SSSR count). The summed E-state index contributed by atoms with van der Waals surface area (Å²) in [7, 11) is 0. The molecule has 1 aromatic heterocycles. The van der Waals surface area contributed by atoms with Crippen molar-refractivity contribution in [3.63, 3.8) is 0 Å². The summed E-state index contributed by atoms with van der Waals surface area (Å²) in [5, 5.41) is 6.65. The standard InChI is InChI=1S/C19H20N4/c20-18-17(22-13-15-7-3-1-4-8-15)11-12-21-19(18)23-14-16-9-5-2-6-10-16/h1-12H,13-14,20H2,(H2,21,22,23). The van der Waals surface area contributed by atoms with Gasteiger partial charge in [-0.15, -0.1) is 0 Å². The number of nitrogen functional groups attached to an aromatic ring is 1. The fourth-order valence-corrected chi connectivity index (χ4v) is 2.34. The number of rotatable bonds is 6. The van der Waals surface area contributed by atoms with Crippen molar-refractivity contribution >= 4 is 17.2 Å². The summed E-state index contributed by atoms with van der Waals surface area (Å²) >= 11 is 0. The van der Waals surface area contributed by atoms with E-state index in [1.165, 1.54) is 11.1 Å². The zero-order valence-corrected chi connectivity index (χ0v) is 12.9. The molecule has 2 aromatic carbocycles. The molecule has 0 radical (unpaired) electrons. The topological polar surface area (TPSA) is 63.0 Å². The van der Waals surface area contributed by atoms with Gasteiger partial charge in [-0.1, -0.05) is 60.7 Å². The maximum atomic E-state index is 6.22. The molecule has 4 N–H and O–H groups in total. The predicted octanol–water partition coefficient (Wildman–Crippen LogP) is 3.89. The smallest absolute Gasteiger partial charge is 0.151 e. The van der Waals surface area contributed by atoms with E-state index in [2.05, 4.69) is 39.9 Å². The lowest BCUT2D eigenvalue weighted by Gasteiger charge is -2.13. The van der Waals surface area contributed by atoms with Gasteiger partial charge in [-0.25, -0.2) is 4.98 Å². The second-order valence-corrected chi connectivity index (χ2v) is 5.30. The van der Waals surface area contributed by atoms with Crippen LogP contribution < -0.4 is 16.4 Å². The van der Waals surface area contributed by atoms with Crippen LogP contribution in [0.15, 0.2) is 72.9 Å². The molecule has 0 unspecified atom stereocenters. The Morgan fingerprint density at radius 1 is 0.739 bits per heavy atom. The average molecular weight is 304 g/mol. The summed E-state index contributed by atoms with van der Waals surface area (Å²) < 4.78 is 0. The Morgan fingerprint density at radius 2 is 1.30 bits per heavy atom. The van der Waals surface area contributed by atoms with Gasteiger partial charge < -0.3 is 16.4 Å². The van der Waals surface area contributed by atoms with Crippen LogP contribution in [0.1, 0.15) is 11.1 Å². The Labute approximate surface area is 136 Å². The highest BCUT2D eigenvalue weighted by Crippen LogP contribution is 2.25. The van der Waals surface area contributed by atoms with Crippen molar-refractivity contribution < 1.29 is 0 Å². The molecule has 0 atom stereocenters. The fourth-order valence-electron chi connectivity index (χ4n) is 2.34. The second kappa shape index (κ2) is 7.31. The van der Waals surface area contributed by atoms with E-state index in [-0.39, 0.29) is 0 Å². The lowest BCUT2D eigenvalue weighted by Crippen LogP contribution is -2.08. The van der Waals surface area contributed by atoms with E-state index >= 15 is 0 Å². The number of aromatic nitrogens is 1. The van der Waals surface area contributed by atoms with Crippen LogP contribution in [0.25, 0.3) is 0 Å². The Kier molecular flexibility index (Phi) is 4.74. The molecule has 4 nitrogen and oxygen atoms in total. The first-order chi connectivity index (χ1) is 11.3. The van der Waals surface area contributed by atoms with Gasteiger partial charge in [0, 0.05) is 19.3 Å². The zero-order chi connectivity index (χ0) is 15.9. The zero-order valence-electron chi connectivity index (χ0n) is 12.9. The highest BCUT2D eigenvalue weighted by Gasteiger charge is 2.06. The minimum Gasteiger partial charge on any atom is -0.394 e. The molecule has 116 valence electrons. The SMILES string of the molecule is Nc1c(NCc2ccccc2)ccnc1NCc1ccccc1. The lowest BCUT2D eigenvalue weighted by atomic mass is 10.2. The van der Waals surface area contributed by atoms with Gasteiger partial charge in [-0.05, 0) is 17.2 Å². The van der Waals surface area contributed by atoms with Crippen molar-refractivity contribution in [2.75, 3.05) is 16.4 Å². The van der Waals surface area contributed by atoms with Crippen LogP contribution >= 0.6 is 0 Å². The maximum absolute atomic E-state index is 6.22. The fraction of sp³-hybridized carbons (Fsp3) is 0.105. The van der Waals surface area contributed by atoms with E-state index in [9.17, 15) is 0 Å². The molecule has 0 bridgehead atoms. The number of nitrogens with zero attached hydrogens (tertiary/aromatic N) is 1. The number of anilines is 3. The number of hydrogen-bond donors (Lipinski definition) is 3. The molecule has 0 spiro atoms. The quantitative estimate of drug-likeness (QED) is 0.646. The summed E-state index contributed by atoms with van der Waals surface area (Å²) in [6, 6.07) is 22.3. The first-order valence-corrected chi connectivity index (χ1v) is 7.63. The van der Waals surface area contributed by atoms with Gasteiger partial charge >= 0.3 is 0 Å². The van der Waals surface area contributed by atoms with Crippen molar-refractivity contribution in [2.24, 2.45) is 0 Å². The third-order valence-corrected chi connectivity index (χ3v) is 3.62. The van der Waals surface area contributed by atoms with Gasteiger partial charge in [-0.3, -0.25) is 0 Å². The van der Waals surface area contributed by atoms with Crippen molar-refractivity contribution in [2.45, 2.75) is 13.1 Å². The maximum Gasteiger partial charge on any atom is 0.151 e. The average Bonchev–Trinajstić information content (AvgIpc) is 2.61. The Hall–Kier alpha value is -3.01. The van der Waals surface area contributed by atoms with Crippen LogP contribution in [0.5, 0.6) is 0 Å². The number of nitrogens with two attached hydrogens (primary N) is 1. The van der Waals surface area contributed by atoms with Crippen molar-refractivity contribution in [1.29, 1.82) is 0 Å². The van der Waals surface area contributed by atoms with E-state index in [0.717, 1.165) is 12.2 Å². The molecular formula is C19H20N4. The molecular weight excluding hydrogens is 284 g/mol. The molecule has 3 aromatic rings. The summed E-state index contributed by atoms with van der Waals surface area (Å²) in [5.74, 6) is 0.701. The van der Waals surface area contributed by atoms with E-state index < -0.39 is 0 Å². The van der Waals surface area contributed by atoms with E-state index in [1.54, 1.807) is 6.20 Å². The third kappa shape index (κ3) is 4.01. The van der Waals surface area contributed by atoms with Crippen LogP contribution in [-0.2, 0) is 13.1 Å². The molecule has 0 aliphatic carbocycles. The number of hydrogen-bond acceptors (Lipinski definition) is 4. The minimum absolute atomic E-state index is 0.638. The lowest BCUT2D eigenvalue weighted by molar-refractivity contribution is 1.10. The van der Waals surface area contributed by atoms with Crippen LogP contribution in [0.3, 0.4) is 0 Å². The molecule has 0 aliphatic heterocycles. The largest absolute Gasteiger partial charge is 0.394 e. The third-order valence-electron chi connectivity index (χ3n) is 3.62. The van der Waals surface area contributed by atoms with Gasteiger partial charge in [0.1, 0.15) is 0 Å². The molecule has 0 amide bonds. The summed E-state index contributed by atoms with van der Waals surface area (Å²) in [6.07, 6.45) is 1.76. The van der Waals surface area contributed by atoms with Crippen LogP contribution in [0.2, 0.25) is 0 Å². The van der Waals surface area contributed by atoms with Gasteiger partial charge in [0.25, 0.3) is 0 Å². The van der Waals surface area contributed by atoms with E-state index in [1.807, 2.05) is 42.5 Å². The van der Waals surface area contributed by atoms with Gasteiger partial charge in [0.05, 0.1) is 11.4 Å². The monoisotopic (exact) mass is 304 g/mol. The highest BCUT2D eigenvalue weighted by atomic mass is 15.0. The van der Waals surface area contributed by atoms with Crippen molar-refractivity contribution in [3.05, 3.63) is 84.1 Å². The predicted molar refractivity (Wildman–Crippen MR) is 96.2 cm³/mol. The first kappa shape index (κ1) is 14.9. The van der Waals surface area contributed by atoms with Crippen LogP contribution in [0.4, 0.5) is 17.2 Å². The molecule has 0 aliphatic rings. The van der Waals surface area contributed by atoms with Crippen molar-refractivity contribution in [1.82, 2.24) is 4.98 Å². The minimum atomic E-state index is 0.638. The molecule has 0 fully saturated rings. The van der Waals surface area contributed by atoms with Gasteiger partial charge in [-0.2, -0.15) is 0 Å². The van der Waals surface area contributed by atoms with Crippen LogP contribution in [0, 0.1) is 0 Å². The van der Waals surface area contributed by atoms with Crippen molar-refractivity contribution in [3.8, 4) is 0 Å². The van der Waals surface area contributed by atoms with E-state index in [0.29, 0.717) is 18.1 Å². The summed E-state index contributed by atoms with van der Waals surface area (Å²) in [5.41, 5.74) is 10.2. The molecule has 1 heterocycles. The molecule has 4 heteroatoms. The van der Waals surface area contributed by atoms with Crippen LogP contribution in [-0.4, -0.2) is 4.98 Å². The summed E-state index contributed by atoms with van der Waals surface area (Å²) in [4.78, 5) is 4.33. The van der Waals surface area contributed by atoms with E-state index in [4.69, 9.17) is 5.73 Å². The number of pyridine rings is 1. The van der Waals surface area contributed by atoms with Gasteiger partial charge in [0.15, 0.2) is 5.82 Å². The Balaban J connectivity index is 1.66. The first-order valence-electron chi connectivity index (χ1n) is 7.63. The molecule has 0 saturated heterocycles. The Morgan fingerprint density at radius 3 is 1.91 bits per heavy atom. The van der Waals surface area contributed by atoms with Gasteiger partial charge in [0.2, 0.25) is 0 Å².